The highest BCUT2D eigenvalue weighted by Crippen LogP contribution is 2.32. The molecule has 24 heavy (non-hydrogen) atoms. The minimum absolute atomic E-state index is 0.160. The van der Waals surface area contributed by atoms with Crippen molar-refractivity contribution in [2.75, 3.05) is 7.11 Å². The van der Waals surface area contributed by atoms with E-state index in [0.717, 1.165) is 16.9 Å². The largest absolute Gasteiger partial charge is 0.497 e. The van der Waals surface area contributed by atoms with Gasteiger partial charge in [-0.05, 0) is 29.8 Å². The number of nitrogens with one attached hydrogen (secondary N) is 1. The highest BCUT2D eigenvalue weighted by Gasteiger charge is 2.14. The molecule has 4 aromatic rings. The molecule has 6 heteroatoms. The van der Waals surface area contributed by atoms with E-state index in [1.807, 2.05) is 47.8 Å². The van der Waals surface area contributed by atoms with E-state index in [9.17, 15) is 4.79 Å². The van der Waals surface area contributed by atoms with Crippen molar-refractivity contribution >= 4 is 21.6 Å². The number of hydrogen-bond donors (Lipinski definition) is 1. The number of hydrogen-bond acceptors (Lipinski definition) is 5. The summed E-state index contributed by atoms with van der Waals surface area (Å²) in [6, 6.07) is 13.1. The Hall–Kier alpha value is -2.99. The summed E-state index contributed by atoms with van der Waals surface area (Å²) in [6.07, 6.45) is 1.68. The summed E-state index contributed by atoms with van der Waals surface area (Å²) in [5, 5.41) is 2.56. The number of ether oxygens (including phenoxy) is 1. The van der Waals surface area contributed by atoms with Crippen molar-refractivity contribution in [1.29, 1.82) is 0 Å². The summed E-state index contributed by atoms with van der Waals surface area (Å²) in [5.74, 6) is 1.26. The number of aromatic amines is 1. The number of pyridine rings is 1. The zero-order chi connectivity index (χ0) is 16.5. The fourth-order valence-electron chi connectivity index (χ4n) is 2.56. The molecule has 3 aromatic heterocycles. The molecule has 0 saturated heterocycles. The normalized spacial score (nSPS) is 10.9. The minimum Gasteiger partial charge on any atom is -0.497 e. The van der Waals surface area contributed by atoms with Crippen LogP contribution >= 0.6 is 11.3 Å². The van der Waals surface area contributed by atoms with Gasteiger partial charge in [0.1, 0.15) is 16.3 Å². The molecule has 4 rings (SSSR count). The topological polar surface area (TPSA) is 67.9 Å². The van der Waals surface area contributed by atoms with E-state index in [-0.39, 0.29) is 5.56 Å². The van der Waals surface area contributed by atoms with E-state index in [0.29, 0.717) is 21.7 Å². The second-order valence-electron chi connectivity index (χ2n) is 5.19. The Bertz CT molecular complexity index is 1050. The first-order chi connectivity index (χ1) is 11.8. The van der Waals surface area contributed by atoms with Crippen LogP contribution in [-0.2, 0) is 0 Å². The second kappa shape index (κ2) is 5.90. The predicted molar refractivity (Wildman–Crippen MR) is 95.5 cm³/mol. The van der Waals surface area contributed by atoms with Crippen molar-refractivity contribution < 1.29 is 4.74 Å². The number of rotatable bonds is 3. The molecule has 3 heterocycles. The molecule has 0 spiro atoms. The third-order valence-corrected chi connectivity index (χ3v) is 4.62. The molecule has 5 nitrogen and oxygen atoms in total. The summed E-state index contributed by atoms with van der Waals surface area (Å²) >= 11 is 1.45. The number of H-pyrrole nitrogens is 1. The maximum absolute atomic E-state index is 12.6. The van der Waals surface area contributed by atoms with Gasteiger partial charge >= 0.3 is 0 Å². The summed E-state index contributed by atoms with van der Waals surface area (Å²) in [6.45, 7) is 0. The van der Waals surface area contributed by atoms with Gasteiger partial charge in [-0.15, -0.1) is 11.3 Å². The van der Waals surface area contributed by atoms with Crippen LogP contribution in [0.3, 0.4) is 0 Å². The fourth-order valence-corrected chi connectivity index (χ4v) is 3.50. The number of nitrogens with zero attached hydrogens (tertiary/aromatic N) is 2. The number of thiophene rings is 1. The molecule has 0 radical (unpaired) electrons. The average Bonchev–Trinajstić information content (AvgIpc) is 3.07. The molecular formula is C18H13N3O2S. The fraction of sp³-hybridized carbons (Fsp3) is 0.0556. The van der Waals surface area contributed by atoms with Crippen LogP contribution in [0.25, 0.3) is 32.9 Å². The Kier molecular flexibility index (Phi) is 3.59. The Morgan fingerprint density at radius 2 is 1.96 bits per heavy atom. The van der Waals surface area contributed by atoms with Crippen LogP contribution in [-0.4, -0.2) is 22.1 Å². The van der Waals surface area contributed by atoms with Crippen LogP contribution < -0.4 is 10.3 Å². The highest BCUT2D eigenvalue weighted by molar-refractivity contribution is 7.17. The number of aromatic nitrogens is 3. The van der Waals surface area contributed by atoms with Gasteiger partial charge in [-0.3, -0.25) is 9.78 Å². The predicted octanol–water partition coefficient (Wildman–Crippen LogP) is 3.72. The lowest BCUT2D eigenvalue weighted by Gasteiger charge is -2.03. The molecule has 0 unspecified atom stereocenters. The highest BCUT2D eigenvalue weighted by atomic mass is 32.1. The first-order valence-corrected chi connectivity index (χ1v) is 8.21. The van der Waals surface area contributed by atoms with Crippen LogP contribution in [0.15, 0.2) is 58.8 Å². The van der Waals surface area contributed by atoms with Crippen LogP contribution in [0.2, 0.25) is 0 Å². The summed E-state index contributed by atoms with van der Waals surface area (Å²) in [7, 11) is 1.63. The van der Waals surface area contributed by atoms with Crippen molar-refractivity contribution in [3.05, 3.63) is 64.4 Å². The van der Waals surface area contributed by atoms with Crippen molar-refractivity contribution in [1.82, 2.24) is 15.0 Å². The summed E-state index contributed by atoms with van der Waals surface area (Å²) < 4.78 is 5.18. The van der Waals surface area contributed by atoms with Gasteiger partial charge in [0.05, 0.1) is 12.5 Å². The Balaban J connectivity index is 1.86. The third-order valence-electron chi connectivity index (χ3n) is 3.75. The molecule has 0 aliphatic carbocycles. The van der Waals surface area contributed by atoms with Crippen molar-refractivity contribution in [2.24, 2.45) is 0 Å². The first-order valence-electron chi connectivity index (χ1n) is 7.33. The van der Waals surface area contributed by atoms with Gasteiger partial charge in [0.15, 0.2) is 5.82 Å². The van der Waals surface area contributed by atoms with Crippen molar-refractivity contribution in [3.63, 3.8) is 0 Å². The van der Waals surface area contributed by atoms with Crippen LogP contribution in [0.5, 0.6) is 5.75 Å². The van der Waals surface area contributed by atoms with Crippen LogP contribution in [0.1, 0.15) is 0 Å². The first kappa shape index (κ1) is 14.6. The maximum atomic E-state index is 12.6. The molecule has 0 bridgehead atoms. The molecule has 0 saturated carbocycles. The van der Waals surface area contributed by atoms with E-state index < -0.39 is 0 Å². The van der Waals surface area contributed by atoms with E-state index in [1.54, 1.807) is 13.3 Å². The van der Waals surface area contributed by atoms with Gasteiger partial charge in [-0.25, -0.2) is 4.98 Å². The lowest BCUT2D eigenvalue weighted by atomic mass is 10.1. The maximum Gasteiger partial charge on any atom is 0.260 e. The molecule has 118 valence electrons. The van der Waals surface area contributed by atoms with Crippen LogP contribution in [0.4, 0.5) is 0 Å². The average molecular weight is 335 g/mol. The summed E-state index contributed by atoms with van der Waals surface area (Å²) in [5.41, 5.74) is 2.32. The third kappa shape index (κ3) is 2.47. The van der Waals surface area contributed by atoms with E-state index in [2.05, 4.69) is 15.0 Å². The van der Waals surface area contributed by atoms with Gasteiger partial charge in [-0.2, -0.15) is 0 Å². The van der Waals surface area contributed by atoms with E-state index in [4.69, 9.17) is 4.74 Å². The van der Waals surface area contributed by atoms with Crippen molar-refractivity contribution in [2.45, 2.75) is 0 Å². The van der Waals surface area contributed by atoms with E-state index in [1.165, 1.54) is 11.3 Å². The Labute approximate surface area is 141 Å². The van der Waals surface area contributed by atoms with Gasteiger partial charge < -0.3 is 9.72 Å². The number of benzene rings is 1. The lowest BCUT2D eigenvalue weighted by molar-refractivity contribution is 0.415. The molecule has 1 N–H and O–H groups in total. The molecular weight excluding hydrogens is 322 g/mol. The Morgan fingerprint density at radius 3 is 2.67 bits per heavy atom. The monoisotopic (exact) mass is 335 g/mol. The second-order valence-corrected chi connectivity index (χ2v) is 6.05. The smallest absolute Gasteiger partial charge is 0.260 e. The van der Waals surface area contributed by atoms with E-state index >= 15 is 0 Å². The van der Waals surface area contributed by atoms with Crippen molar-refractivity contribution in [3.8, 4) is 28.4 Å². The zero-order valence-corrected chi connectivity index (χ0v) is 13.6. The molecule has 0 amide bonds. The molecule has 0 aliphatic heterocycles. The Morgan fingerprint density at radius 1 is 1.12 bits per heavy atom. The quantitative estimate of drug-likeness (QED) is 0.619. The SMILES string of the molecule is COc1ccc(-c2csc3nc(-c4ccccn4)[nH]c(=O)c23)cc1. The van der Waals surface area contributed by atoms with Gasteiger partial charge in [-0.1, -0.05) is 18.2 Å². The minimum atomic E-state index is -0.160. The molecule has 1 aromatic carbocycles. The number of fused-ring (bicyclic) bond motifs is 1. The van der Waals surface area contributed by atoms with Gasteiger partial charge in [0.2, 0.25) is 0 Å². The standard InChI is InChI=1S/C18H13N3O2S/c1-23-12-7-5-11(6-8-12)13-10-24-18-15(13)17(22)20-16(21-18)14-4-2-3-9-19-14/h2-10H,1H3,(H,20,21,22). The van der Waals surface area contributed by atoms with Gasteiger partial charge in [0, 0.05) is 17.1 Å². The van der Waals surface area contributed by atoms with Crippen LogP contribution in [0, 0.1) is 0 Å². The number of methoxy groups -OCH3 is 1. The zero-order valence-electron chi connectivity index (χ0n) is 12.8. The molecule has 0 atom stereocenters. The summed E-state index contributed by atoms with van der Waals surface area (Å²) in [4.78, 5) is 24.9. The van der Waals surface area contributed by atoms with Gasteiger partial charge in [0.25, 0.3) is 5.56 Å². The molecule has 0 aliphatic rings. The lowest BCUT2D eigenvalue weighted by Crippen LogP contribution is -2.09. The molecule has 0 fully saturated rings.